The second-order valence-corrected chi connectivity index (χ2v) is 4.64. The molecular formula is C16H17N3O2. The molecule has 5 heteroatoms. The van der Waals surface area contributed by atoms with Crippen LogP contribution >= 0.6 is 0 Å². The minimum absolute atomic E-state index is 0.277. The van der Waals surface area contributed by atoms with Gasteiger partial charge >= 0.3 is 0 Å². The first-order chi connectivity index (χ1) is 10.1. The van der Waals surface area contributed by atoms with Gasteiger partial charge in [-0.15, -0.1) is 0 Å². The van der Waals surface area contributed by atoms with E-state index in [-0.39, 0.29) is 5.69 Å². The second-order valence-electron chi connectivity index (χ2n) is 4.64. The summed E-state index contributed by atoms with van der Waals surface area (Å²) in [5.41, 5.74) is 5.99. The molecule has 5 nitrogen and oxygen atoms in total. The lowest BCUT2D eigenvalue weighted by atomic mass is 10.1. The van der Waals surface area contributed by atoms with Crippen LogP contribution in [-0.2, 0) is 4.84 Å². The number of benzene rings is 1. The van der Waals surface area contributed by atoms with E-state index in [1.165, 1.54) is 0 Å². The van der Waals surface area contributed by atoms with E-state index in [0.717, 1.165) is 16.8 Å². The molecule has 2 rings (SSSR count). The molecule has 1 aromatic carbocycles. The number of aromatic nitrogens is 1. The van der Waals surface area contributed by atoms with Gasteiger partial charge in [0, 0.05) is 11.9 Å². The van der Waals surface area contributed by atoms with Crippen molar-refractivity contribution in [2.45, 2.75) is 20.8 Å². The molecule has 1 aromatic heterocycles. The number of hydroxylamine groups is 1. The summed E-state index contributed by atoms with van der Waals surface area (Å²) >= 11 is 0. The summed E-state index contributed by atoms with van der Waals surface area (Å²) in [5.74, 6) is -0.431. The third-order valence-corrected chi connectivity index (χ3v) is 3.37. The van der Waals surface area contributed by atoms with Crippen molar-refractivity contribution in [1.82, 2.24) is 10.0 Å². The Morgan fingerprint density at radius 3 is 2.81 bits per heavy atom. The number of amides is 1. The van der Waals surface area contributed by atoms with Crippen molar-refractivity contribution in [3.63, 3.8) is 0 Å². The van der Waals surface area contributed by atoms with Crippen LogP contribution in [0, 0.1) is 25.2 Å². The smallest absolute Gasteiger partial charge is 0.293 e. The zero-order valence-corrected chi connectivity index (χ0v) is 12.3. The zero-order chi connectivity index (χ0) is 15.4. The molecule has 1 N–H and O–H groups in total. The Kier molecular flexibility index (Phi) is 4.41. The fourth-order valence-electron chi connectivity index (χ4n) is 2.14. The number of rotatable bonds is 4. The van der Waals surface area contributed by atoms with Crippen LogP contribution in [0.1, 0.15) is 34.1 Å². The van der Waals surface area contributed by atoms with Crippen LogP contribution in [0.25, 0.3) is 5.69 Å². The van der Waals surface area contributed by atoms with Crippen molar-refractivity contribution in [3.8, 4) is 11.8 Å². The van der Waals surface area contributed by atoms with Crippen molar-refractivity contribution in [2.24, 2.45) is 0 Å². The maximum atomic E-state index is 12.2. The average molecular weight is 283 g/mol. The van der Waals surface area contributed by atoms with Crippen molar-refractivity contribution < 1.29 is 9.63 Å². The third kappa shape index (κ3) is 2.81. The van der Waals surface area contributed by atoms with Crippen LogP contribution < -0.4 is 5.48 Å². The molecule has 108 valence electrons. The van der Waals surface area contributed by atoms with E-state index in [4.69, 9.17) is 4.84 Å². The van der Waals surface area contributed by atoms with Gasteiger partial charge in [-0.3, -0.25) is 9.63 Å². The van der Waals surface area contributed by atoms with Crippen LogP contribution in [0.3, 0.4) is 0 Å². The van der Waals surface area contributed by atoms with Gasteiger partial charge in [0.1, 0.15) is 11.8 Å². The first-order valence-corrected chi connectivity index (χ1v) is 6.70. The topological polar surface area (TPSA) is 67.0 Å². The fraction of sp³-hybridized carbons (Fsp3) is 0.250. The fourth-order valence-corrected chi connectivity index (χ4v) is 2.14. The monoisotopic (exact) mass is 283 g/mol. The molecule has 0 bridgehead atoms. The molecule has 21 heavy (non-hydrogen) atoms. The Labute approximate surface area is 123 Å². The van der Waals surface area contributed by atoms with E-state index in [2.05, 4.69) is 5.48 Å². The molecule has 1 heterocycles. The number of hydrogen-bond donors (Lipinski definition) is 1. The molecular weight excluding hydrogens is 266 g/mol. The molecule has 0 saturated heterocycles. The first kappa shape index (κ1) is 14.8. The minimum Gasteiger partial charge on any atom is -0.311 e. The minimum atomic E-state index is -0.431. The quantitative estimate of drug-likeness (QED) is 0.877. The lowest BCUT2D eigenvalue weighted by Crippen LogP contribution is -2.26. The van der Waals surface area contributed by atoms with Crippen LogP contribution in [-0.4, -0.2) is 17.1 Å². The van der Waals surface area contributed by atoms with Gasteiger partial charge in [-0.1, -0.05) is 12.1 Å². The number of hydrogen-bond acceptors (Lipinski definition) is 3. The highest BCUT2D eigenvalue weighted by atomic mass is 16.6. The van der Waals surface area contributed by atoms with Gasteiger partial charge in [-0.05, 0) is 44.0 Å². The van der Waals surface area contributed by atoms with Crippen LogP contribution in [0.15, 0.2) is 30.5 Å². The molecule has 0 fully saturated rings. The van der Waals surface area contributed by atoms with Crippen molar-refractivity contribution >= 4 is 5.91 Å². The largest absolute Gasteiger partial charge is 0.311 e. The van der Waals surface area contributed by atoms with Crippen molar-refractivity contribution in [3.05, 3.63) is 52.8 Å². The second kappa shape index (κ2) is 6.25. The number of nitrogens with zero attached hydrogens (tertiary/aromatic N) is 2. The van der Waals surface area contributed by atoms with Gasteiger partial charge in [-0.25, -0.2) is 5.48 Å². The SMILES string of the molecule is CCONC(=O)c1c(C#N)ccn1-c1cccc(C)c1C. The summed E-state index contributed by atoms with van der Waals surface area (Å²) in [7, 11) is 0. The van der Waals surface area contributed by atoms with Gasteiger partial charge in [0.05, 0.1) is 12.2 Å². The van der Waals surface area contributed by atoms with Crippen molar-refractivity contribution in [2.75, 3.05) is 6.61 Å². The Balaban J connectivity index is 2.55. The normalized spacial score (nSPS) is 10.2. The summed E-state index contributed by atoms with van der Waals surface area (Å²) < 4.78 is 1.72. The van der Waals surface area contributed by atoms with E-state index >= 15 is 0 Å². The predicted octanol–water partition coefficient (Wildman–Crippen LogP) is 2.65. The van der Waals surface area contributed by atoms with Gasteiger partial charge < -0.3 is 4.57 Å². The third-order valence-electron chi connectivity index (χ3n) is 3.37. The molecule has 0 atom stereocenters. The molecule has 0 aliphatic rings. The Morgan fingerprint density at radius 1 is 1.38 bits per heavy atom. The highest BCUT2D eigenvalue weighted by Gasteiger charge is 2.19. The molecule has 2 aromatic rings. The predicted molar refractivity (Wildman–Crippen MR) is 79.1 cm³/mol. The van der Waals surface area contributed by atoms with Crippen LogP contribution in [0.5, 0.6) is 0 Å². The number of aryl methyl sites for hydroxylation is 1. The van der Waals surface area contributed by atoms with E-state index < -0.39 is 5.91 Å². The molecule has 0 spiro atoms. The van der Waals surface area contributed by atoms with Crippen LogP contribution in [0.2, 0.25) is 0 Å². The summed E-state index contributed by atoms with van der Waals surface area (Å²) in [6, 6.07) is 9.52. The standard InChI is InChI=1S/C16H17N3O2/c1-4-21-18-16(20)15-13(10-17)8-9-19(15)14-7-5-6-11(2)12(14)3/h5-9H,4H2,1-3H3,(H,18,20). The summed E-state index contributed by atoms with van der Waals surface area (Å²) in [5, 5.41) is 9.19. The number of nitriles is 1. The Morgan fingerprint density at radius 2 is 2.14 bits per heavy atom. The Hall–Kier alpha value is -2.58. The lowest BCUT2D eigenvalue weighted by molar-refractivity contribution is 0.0358. The van der Waals surface area contributed by atoms with Crippen LogP contribution in [0.4, 0.5) is 0 Å². The highest BCUT2D eigenvalue weighted by molar-refractivity contribution is 5.95. The van der Waals surface area contributed by atoms with Gasteiger partial charge in [-0.2, -0.15) is 5.26 Å². The first-order valence-electron chi connectivity index (χ1n) is 6.70. The maximum absolute atomic E-state index is 12.2. The van der Waals surface area contributed by atoms with Gasteiger partial charge in [0.2, 0.25) is 0 Å². The Bertz CT molecular complexity index is 711. The molecule has 1 amide bonds. The van der Waals surface area contributed by atoms with E-state index in [0.29, 0.717) is 12.2 Å². The number of carbonyl (C=O) groups excluding carboxylic acids is 1. The molecule has 0 aliphatic heterocycles. The summed E-state index contributed by atoms with van der Waals surface area (Å²) in [6.45, 7) is 6.13. The average Bonchev–Trinajstić information content (AvgIpc) is 2.91. The molecule has 0 aliphatic carbocycles. The van der Waals surface area contributed by atoms with E-state index in [9.17, 15) is 10.1 Å². The van der Waals surface area contributed by atoms with E-state index in [1.807, 2.05) is 38.1 Å². The van der Waals surface area contributed by atoms with Gasteiger partial charge in [0.15, 0.2) is 0 Å². The summed E-state index contributed by atoms with van der Waals surface area (Å²) in [6.07, 6.45) is 1.72. The molecule has 0 radical (unpaired) electrons. The van der Waals surface area contributed by atoms with E-state index in [1.54, 1.807) is 23.8 Å². The number of nitrogens with one attached hydrogen (secondary N) is 1. The highest BCUT2D eigenvalue weighted by Crippen LogP contribution is 2.22. The molecule has 0 unspecified atom stereocenters. The van der Waals surface area contributed by atoms with Gasteiger partial charge in [0.25, 0.3) is 5.91 Å². The maximum Gasteiger partial charge on any atom is 0.293 e. The lowest BCUT2D eigenvalue weighted by Gasteiger charge is -2.13. The molecule has 0 saturated carbocycles. The summed E-state index contributed by atoms with van der Waals surface area (Å²) in [4.78, 5) is 17.2. The number of carbonyl (C=O) groups is 1. The zero-order valence-electron chi connectivity index (χ0n) is 12.3. The van der Waals surface area contributed by atoms with Crippen molar-refractivity contribution in [1.29, 1.82) is 5.26 Å².